The van der Waals surface area contributed by atoms with Crippen LogP contribution in [0.3, 0.4) is 0 Å². The number of carbonyl (C=O) groups is 2. The van der Waals surface area contributed by atoms with Crippen molar-refractivity contribution in [2.24, 2.45) is 0 Å². The second kappa shape index (κ2) is 7.97. The highest BCUT2D eigenvalue weighted by molar-refractivity contribution is 5.88. The molecule has 0 bridgehead atoms. The monoisotopic (exact) mass is 337 g/mol. The summed E-state index contributed by atoms with van der Waals surface area (Å²) < 4.78 is 0. The van der Waals surface area contributed by atoms with E-state index in [9.17, 15) is 9.59 Å². The summed E-state index contributed by atoms with van der Waals surface area (Å²) in [6.07, 6.45) is 3.34. The zero-order valence-electron chi connectivity index (χ0n) is 14.2. The fourth-order valence-electron chi connectivity index (χ4n) is 3.51. The van der Waals surface area contributed by atoms with E-state index in [0.717, 1.165) is 37.9 Å². The Balaban J connectivity index is 1.61. The van der Waals surface area contributed by atoms with Gasteiger partial charge in [-0.3, -0.25) is 4.79 Å². The number of nitrogens with zero attached hydrogens (tertiary/aromatic N) is 1. The van der Waals surface area contributed by atoms with E-state index < -0.39 is 5.97 Å². The first-order chi connectivity index (χ1) is 12.1. The van der Waals surface area contributed by atoms with Gasteiger partial charge in [-0.05, 0) is 48.4 Å². The second-order valence-electron chi connectivity index (χ2n) is 6.60. The summed E-state index contributed by atoms with van der Waals surface area (Å²) in [5, 5.41) is 9.07. The topological polar surface area (TPSA) is 57.6 Å². The van der Waals surface area contributed by atoms with Crippen molar-refractivity contribution in [3.05, 3.63) is 71.3 Å². The van der Waals surface area contributed by atoms with E-state index in [1.807, 2.05) is 17.0 Å². The maximum absolute atomic E-state index is 12.6. The van der Waals surface area contributed by atoms with Gasteiger partial charge in [-0.15, -0.1) is 0 Å². The van der Waals surface area contributed by atoms with Gasteiger partial charge in [0.25, 0.3) is 0 Å². The van der Waals surface area contributed by atoms with Crippen molar-refractivity contribution < 1.29 is 14.7 Å². The lowest BCUT2D eigenvalue weighted by Gasteiger charge is -2.21. The van der Waals surface area contributed by atoms with E-state index in [1.54, 1.807) is 18.2 Å². The van der Waals surface area contributed by atoms with Crippen molar-refractivity contribution >= 4 is 11.9 Å². The van der Waals surface area contributed by atoms with Crippen molar-refractivity contribution in [3.63, 3.8) is 0 Å². The molecule has 1 N–H and O–H groups in total. The highest BCUT2D eigenvalue weighted by Gasteiger charge is 2.21. The molecular formula is C21H23NO3. The van der Waals surface area contributed by atoms with Crippen molar-refractivity contribution in [2.45, 2.75) is 31.6 Å². The lowest BCUT2D eigenvalue weighted by atomic mass is 9.92. The summed E-state index contributed by atoms with van der Waals surface area (Å²) in [6, 6.07) is 17.1. The number of hydrogen-bond donors (Lipinski definition) is 1. The lowest BCUT2D eigenvalue weighted by Crippen LogP contribution is -2.33. The highest BCUT2D eigenvalue weighted by Crippen LogP contribution is 2.28. The molecule has 0 aliphatic carbocycles. The molecule has 130 valence electrons. The van der Waals surface area contributed by atoms with Crippen LogP contribution in [0.1, 0.15) is 46.7 Å². The van der Waals surface area contributed by atoms with Crippen LogP contribution in [-0.4, -0.2) is 35.0 Å². The molecule has 0 saturated carbocycles. The first-order valence-electron chi connectivity index (χ1n) is 8.78. The summed E-state index contributed by atoms with van der Waals surface area (Å²) in [7, 11) is 0. The SMILES string of the molecule is O=C(O)c1cccc(CC(=O)N2CCCC(c3ccccc3)CC2)c1. The van der Waals surface area contributed by atoms with Crippen LogP contribution in [-0.2, 0) is 11.2 Å². The average molecular weight is 337 g/mol. The minimum Gasteiger partial charge on any atom is -0.478 e. The molecule has 25 heavy (non-hydrogen) atoms. The molecule has 1 aliphatic heterocycles. The number of carbonyl (C=O) groups excluding carboxylic acids is 1. The summed E-state index contributed by atoms with van der Waals surface area (Å²) in [4.78, 5) is 25.6. The number of benzene rings is 2. The van der Waals surface area contributed by atoms with Gasteiger partial charge in [0.15, 0.2) is 0 Å². The molecule has 1 amide bonds. The van der Waals surface area contributed by atoms with Gasteiger partial charge in [0.1, 0.15) is 0 Å². The van der Waals surface area contributed by atoms with Crippen molar-refractivity contribution in [1.29, 1.82) is 0 Å². The standard InChI is InChI=1S/C21H23NO3/c23-20(15-16-6-4-9-19(14-16)21(24)25)22-12-5-10-18(11-13-22)17-7-2-1-3-8-17/h1-4,6-9,14,18H,5,10-13,15H2,(H,24,25). The van der Waals surface area contributed by atoms with Crippen LogP contribution < -0.4 is 0 Å². The summed E-state index contributed by atoms with van der Waals surface area (Å²) >= 11 is 0. The molecule has 0 spiro atoms. The van der Waals surface area contributed by atoms with Crippen LogP contribution in [0.25, 0.3) is 0 Å². The van der Waals surface area contributed by atoms with E-state index in [2.05, 4.69) is 24.3 Å². The van der Waals surface area contributed by atoms with Crippen molar-refractivity contribution in [2.75, 3.05) is 13.1 Å². The minimum atomic E-state index is -0.963. The lowest BCUT2D eigenvalue weighted by molar-refractivity contribution is -0.130. The first kappa shape index (κ1) is 17.2. The molecule has 1 heterocycles. The Bertz CT molecular complexity index is 742. The van der Waals surface area contributed by atoms with Crippen LogP contribution >= 0.6 is 0 Å². The zero-order chi connectivity index (χ0) is 17.6. The summed E-state index contributed by atoms with van der Waals surface area (Å²) in [6.45, 7) is 1.54. The van der Waals surface area contributed by atoms with Crippen LogP contribution in [0.4, 0.5) is 0 Å². The Morgan fingerprint density at radius 2 is 1.80 bits per heavy atom. The fourth-order valence-corrected chi connectivity index (χ4v) is 3.51. The number of carboxylic acids is 1. The number of hydrogen-bond acceptors (Lipinski definition) is 2. The second-order valence-corrected chi connectivity index (χ2v) is 6.60. The number of amides is 1. The molecule has 1 saturated heterocycles. The van der Waals surface area contributed by atoms with Gasteiger partial charge in [-0.25, -0.2) is 4.79 Å². The van der Waals surface area contributed by atoms with Crippen molar-refractivity contribution in [3.8, 4) is 0 Å². The summed E-state index contributed by atoms with van der Waals surface area (Å²) in [5.74, 6) is -0.375. The molecule has 1 fully saturated rings. The third-order valence-corrected chi connectivity index (χ3v) is 4.88. The molecule has 4 heteroatoms. The van der Waals surface area contributed by atoms with E-state index >= 15 is 0 Å². The number of aromatic carboxylic acids is 1. The van der Waals surface area contributed by atoms with Crippen LogP contribution in [0.2, 0.25) is 0 Å². The number of carboxylic acid groups (broad SMARTS) is 1. The van der Waals surface area contributed by atoms with Gasteiger partial charge in [-0.2, -0.15) is 0 Å². The molecule has 1 aliphatic rings. The fraction of sp³-hybridized carbons (Fsp3) is 0.333. The third-order valence-electron chi connectivity index (χ3n) is 4.88. The quantitative estimate of drug-likeness (QED) is 0.925. The van der Waals surface area contributed by atoms with Gasteiger partial charge in [0.2, 0.25) is 5.91 Å². The smallest absolute Gasteiger partial charge is 0.335 e. The average Bonchev–Trinajstić information content (AvgIpc) is 2.89. The van der Waals surface area contributed by atoms with Gasteiger partial charge in [-0.1, -0.05) is 42.5 Å². The highest BCUT2D eigenvalue weighted by atomic mass is 16.4. The van der Waals surface area contributed by atoms with Gasteiger partial charge in [0, 0.05) is 13.1 Å². The molecule has 4 nitrogen and oxygen atoms in total. The van der Waals surface area contributed by atoms with E-state index in [4.69, 9.17) is 5.11 Å². The molecule has 3 rings (SSSR count). The van der Waals surface area contributed by atoms with E-state index in [0.29, 0.717) is 5.92 Å². The molecule has 2 aromatic carbocycles. The Morgan fingerprint density at radius 3 is 2.56 bits per heavy atom. The maximum atomic E-state index is 12.6. The molecule has 0 radical (unpaired) electrons. The maximum Gasteiger partial charge on any atom is 0.335 e. The molecule has 1 unspecified atom stereocenters. The van der Waals surface area contributed by atoms with Crippen molar-refractivity contribution in [1.82, 2.24) is 4.90 Å². The molecule has 0 aromatic heterocycles. The van der Waals surface area contributed by atoms with E-state index in [-0.39, 0.29) is 17.9 Å². The van der Waals surface area contributed by atoms with Gasteiger partial charge in [0.05, 0.1) is 12.0 Å². The summed E-state index contributed by atoms with van der Waals surface area (Å²) in [5.41, 5.74) is 2.34. The molecular weight excluding hydrogens is 314 g/mol. The Kier molecular flexibility index (Phi) is 5.49. The zero-order valence-corrected chi connectivity index (χ0v) is 14.2. The van der Waals surface area contributed by atoms with Crippen LogP contribution in [0.15, 0.2) is 54.6 Å². The third kappa shape index (κ3) is 4.47. The van der Waals surface area contributed by atoms with Gasteiger partial charge < -0.3 is 10.0 Å². The molecule has 1 atom stereocenters. The normalized spacial score (nSPS) is 17.8. The van der Waals surface area contributed by atoms with Gasteiger partial charge >= 0.3 is 5.97 Å². The number of likely N-dealkylation sites (tertiary alicyclic amines) is 1. The Labute approximate surface area is 148 Å². The van der Waals surface area contributed by atoms with Crippen LogP contribution in [0, 0.1) is 0 Å². The first-order valence-corrected chi connectivity index (χ1v) is 8.78. The predicted octanol–water partition coefficient (Wildman–Crippen LogP) is 3.72. The molecule has 2 aromatic rings. The minimum absolute atomic E-state index is 0.0799. The predicted molar refractivity (Wildman–Crippen MR) is 96.7 cm³/mol. The Morgan fingerprint density at radius 1 is 1.00 bits per heavy atom. The largest absolute Gasteiger partial charge is 0.478 e. The Hall–Kier alpha value is -2.62. The van der Waals surface area contributed by atoms with E-state index in [1.165, 1.54) is 5.56 Å². The van der Waals surface area contributed by atoms with Crippen LogP contribution in [0.5, 0.6) is 0 Å². The number of rotatable bonds is 4.